The van der Waals surface area contributed by atoms with E-state index in [1.165, 1.54) is 0 Å². The van der Waals surface area contributed by atoms with E-state index in [0.29, 0.717) is 24.1 Å². The van der Waals surface area contributed by atoms with Crippen LogP contribution in [0.5, 0.6) is 0 Å². The summed E-state index contributed by atoms with van der Waals surface area (Å²) < 4.78 is 7.10. The first-order valence-corrected chi connectivity index (χ1v) is 8.46. The Morgan fingerprint density at radius 1 is 1.07 bits per heavy atom. The van der Waals surface area contributed by atoms with Crippen LogP contribution in [0.3, 0.4) is 0 Å². The van der Waals surface area contributed by atoms with Gasteiger partial charge in [0.15, 0.2) is 5.82 Å². The Morgan fingerprint density at radius 3 is 2.78 bits per heavy atom. The van der Waals surface area contributed by atoms with Gasteiger partial charge in [-0.3, -0.25) is 9.78 Å². The lowest BCUT2D eigenvalue weighted by atomic mass is 10.2. The fraction of sp³-hybridized carbons (Fsp3) is 0.100. The summed E-state index contributed by atoms with van der Waals surface area (Å²) in [6.07, 6.45) is 5.21. The number of fused-ring (bicyclic) bond motifs is 1. The molecular weight excluding hydrogens is 344 g/mol. The molecule has 0 radical (unpaired) electrons. The molecule has 3 heterocycles. The van der Waals surface area contributed by atoms with Crippen molar-refractivity contribution in [1.82, 2.24) is 19.9 Å². The Balaban J connectivity index is 1.46. The lowest BCUT2D eigenvalue weighted by Crippen LogP contribution is -2.31. The number of amides is 1. The van der Waals surface area contributed by atoms with E-state index in [0.717, 1.165) is 11.5 Å². The number of nitrogens with one attached hydrogen (secondary N) is 1. The second kappa shape index (κ2) is 7.25. The Morgan fingerprint density at radius 2 is 1.93 bits per heavy atom. The Hall–Kier alpha value is -3.74. The van der Waals surface area contributed by atoms with E-state index in [4.69, 9.17) is 4.42 Å². The summed E-state index contributed by atoms with van der Waals surface area (Å²) in [5.41, 5.74) is 0.550. The summed E-state index contributed by atoms with van der Waals surface area (Å²) in [5.74, 6) is 0.254. The molecule has 7 nitrogen and oxygen atoms in total. The highest BCUT2D eigenvalue weighted by Gasteiger charge is 2.13. The van der Waals surface area contributed by atoms with Gasteiger partial charge in [-0.25, -0.2) is 9.78 Å². The maximum absolute atomic E-state index is 12.4. The first kappa shape index (κ1) is 16.7. The lowest BCUT2D eigenvalue weighted by Gasteiger charge is -2.09. The van der Waals surface area contributed by atoms with Crippen LogP contribution in [0.2, 0.25) is 0 Å². The van der Waals surface area contributed by atoms with Gasteiger partial charge in [-0.15, -0.1) is 0 Å². The summed E-state index contributed by atoms with van der Waals surface area (Å²) in [5, 5.41) is 3.46. The van der Waals surface area contributed by atoms with Crippen molar-refractivity contribution in [3.63, 3.8) is 0 Å². The molecule has 1 N–H and O–H groups in total. The van der Waals surface area contributed by atoms with Gasteiger partial charge < -0.3 is 14.3 Å². The smallest absolute Gasteiger partial charge is 0.349 e. The molecule has 0 unspecified atom stereocenters. The van der Waals surface area contributed by atoms with Crippen molar-refractivity contribution < 1.29 is 9.21 Å². The maximum atomic E-state index is 12.4. The van der Waals surface area contributed by atoms with E-state index in [2.05, 4.69) is 15.3 Å². The first-order chi connectivity index (χ1) is 13.2. The molecule has 1 amide bonds. The van der Waals surface area contributed by atoms with Gasteiger partial charge in [0.25, 0.3) is 5.91 Å². The molecule has 7 heteroatoms. The number of benzene rings is 1. The zero-order valence-electron chi connectivity index (χ0n) is 14.3. The standard InChI is InChI=1S/C20H16N4O3/c25-19(15-13-14-5-1-2-7-17(14)27-20(15)26)23-10-12-24-11-9-22-18(24)16-6-3-4-8-21-16/h1-9,11,13H,10,12H2,(H,23,25). The zero-order chi connectivity index (χ0) is 18.6. The average molecular weight is 360 g/mol. The van der Waals surface area contributed by atoms with E-state index in [-0.39, 0.29) is 5.56 Å². The van der Waals surface area contributed by atoms with Crippen LogP contribution in [-0.4, -0.2) is 27.0 Å². The SMILES string of the molecule is O=C(NCCn1ccnc1-c1ccccn1)c1cc2ccccc2oc1=O. The monoisotopic (exact) mass is 360 g/mol. The van der Waals surface area contributed by atoms with Crippen molar-refractivity contribution in [2.45, 2.75) is 6.54 Å². The van der Waals surface area contributed by atoms with E-state index >= 15 is 0 Å². The van der Waals surface area contributed by atoms with Crippen molar-refractivity contribution >= 4 is 16.9 Å². The highest BCUT2D eigenvalue weighted by atomic mass is 16.4. The third-order valence-corrected chi connectivity index (χ3v) is 4.13. The van der Waals surface area contributed by atoms with Crippen LogP contribution in [0.4, 0.5) is 0 Å². The molecule has 3 aromatic heterocycles. The highest BCUT2D eigenvalue weighted by Crippen LogP contribution is 2.14. The van der Waals surface area contributed by atoms with Gasteiger partial charge in [-0.05, 0) is 24.3 Å². The summed E-state index contributed by atoms with van der Waals surface area (Å²) in [4.78, 5) is 33.0. The molecule has 0 atom stereocenters. The third-order valence-electron chi connectivity index (χ3n) is 4.13. The fourth-order valence-corrected chi connectivity index (χ4v) is 2.82. The average Bonchev–Trinajstić information content (AvgIpc) is 3.16. The maximum Gasteiger partial charge on any atom is 0.349 e. The van der Waals surface area contributed by atoms with Gasteiger partial charge in [-0.1, -0.05) is 24.3 Å². The van der Waals surface area contributed by atoms with Crippen LogP contribution in [0.1, 0.15) is 10.4 Å². The van der Waals surface area contributed by atoms with Crippen molar-refractivity contribution in [2.24, 2.45) is 0 Å². The van der Waals surface area contributed by atoms with Crippen molar-refractivity contribution in [3.8, 4) is 11.5 Å². The minimum Gasteiger partial charge on any atom is -0.422 e. The molecule has 134 valence electrons. The fourth-order valence-electron chi connectivity index (χ4n) is 2.82. The Kier molecular flexibility index (Phi) is 4.49. The van der Waals surface area contributed by atoms with Gasteiger partial charge in [0.05, 0.1) is 0 Å². The second-order valence-corrected chi connectivity index (χ2v) is 5.90. The number of carbonyl (C=O) groups is 1. The number of nitrogens with zero attached hydrogens (tertiary/aromatic N) is 3. The molecule has 0 saturated heterocycles. The Bertz CT molecular complexity index is 1150. The summed E-state index contributed by atoms with van der Waals surface area (Å²) in [7, 11) is 0. The number of hydrogen-bond acceptors (Lipinski definition) is 5. The highest BCUT2D eigenvalue weighted by molar-refractivity contribution is 5.96. The molecule has 4 aromatic rings. The number of aromatic nitrogens is 3. The predicted molar refractivity (Wildman–Crippen MR) is 100 cm³/mol. The van der Waals surface area contributed by atoms with Crippen LogP contribution in [-0.2, 0) is 6.54 Å². The van der Waals surface area contributed by atoms with E-state index < -0.39 is 11.5 Å². The van der Waals surface area contributed by atoms with Crippen LogP contribution in [0.15, 0.2) is 76.3 Å². The number of rotatable bonds is 5. The molecule has 0 saturated carbocycles. The minimum atomic E-state index is -0.650. The number of imidazole rings is 1. The van der Waals surface area contributed by atoms with Crippen LogP contribution in [0, 0.1) is 0 Å². The lowest BCUT2D eigenvalue weighted by molar-refractivity contribution is 0.0949. The van der Waals surface area contributed by atoms with E-state index in [9.17, 15) is 9.59 Å². The molecule has 0 aliphatic heterocycles. The summed E-state index contributed by atoms with van der Waals surface area (Å²) >= 11 is 0. The van der Waals surface area contributed by atoms with Crippen LogP contribution < -0.4 is 10.9 Å². The van der Waals surface area contributed by atoms with E-state index in [1.807, 2.05) is 35.0 Å². The molecule has 1 aromatic carbocycles. The van der Waals surface area contributed by atoms with Gasteiger partial charge in [0, 0.05) is 37.1 Å². The van der Waals surface area contributed by atoms with Gasteiger partial charge in [-0.2, -0.15) is 0 Å². The number of para-hydroxylation sites is 1. The zero-order valence-corrected chi connectivity index (χ0v) is 14.3. The number of hydrogen-bond donors (Lipinski definition) is 1. The van der Waals surface area contributed by atoms with E-state index in [1.54, 1.807) is 36.7 Å². The summed E-state index contributed by atoms with van der Waals surface area (Å²) in [6.45, 7) is 0.831. The molecular formula is C20H16N4O3. The van der Waals surface area contributed by atoms with Crippen LogP contribution in [0.25, 0.3) is 22.5 Å². The molecule has 4 rings (SSSR count). The summed E-state index contributed by atoms with van der Waals surface area (Å²) in [6, 6.07) is 14.2. The molecule has 0 fully saturated rings. The topological polar surface area (TPSA) is 90.0 Å². The number of carbonyl (C=O) groups excluding carboxylic acids is 1. The molecule has 0 aliphatic rings. The molecule has 27 heavy (non-hydrogen) atoms. The van der Waals surface area contributed by atoms with Gasteiger partial charge in [0.2, 0.25) is 0 Å². The number of pyridine rings is 1. The van der Waals surface area contributed by atoms with Crippen molar-refractivity contribution in [1.29, 1.82) is 0 Å². The minimum absolute atomic E-state index is 0.00993. The second-order valence-electron chi connectivity index (χ2n) is 5.90. The normalized spacial score (nSPS) is 10.8. The third kappa shape index (κ3) is 3.48. The first-order valence-electron chi connectivity index (χ1n) is 8.46. The molecule has 0 spiro atoms. The Labute approximate surface area is 154 Å². The van der Waals surface area contributed by atoms with Gasteiger partial charge in [0.1, 0.15) is 16.8 Å². The van der Waals surface area contributed by atoms with Crippen molar-refractivity contribution in [3.05, 3.63) is 83.1 Å². The predicted octanol–water partition coefficient (Wildman–Crippen LogP) is 2.48. The molecule has 0 aliphatic carbocycles. The largest absolute Gasteiger partial charge is 0.422 e. The molecule has 0 bridgehead atoms. The van der Waals surface area contributed by atoms with Gasteiger partial charge >= 0.3 is 5.63 Å². The van der Waals surface area contributed by atoms with Crippen molar-refractivity contribution in [2.75, 3.05) is 6.54 Å². The quantitative estimate of drug-likeness (QED) is 0.552. The van der Waals surface area contributed by atoms with Crippen LogP contribution >= 0.6 is 0 Å².